The number of cyclic esters (lactones) is 1. The number of carbonyl (C=O) groups is 1. The largest absolute Gasteiger partial charge is 0.459 e. The Bertz CT molecular complexity index is 1610. The fraction of sp³-hybridized carbons (Fsp3) is 0.978. The highest BCUT2D eigenvalue weighted by Crippen LogP contribution is 2.43. The van der Waals surface area contributed by atoms with E-state index in [1.165, 1.54) is 21.1 Å². The number of ether oxygens (including phenoxy) is 6. The fourth-order valence-electron chi connectivity index (χ4n) is 10.7. The Balaban J connectivity index is 1.79. The summed E-state index contributed by atoms with van der Waals surface area (Å²) in [7, 11) is -1.10. The third-order valence-corrected chi connectivity index (χ3v) is 16.8. The molecular formula is C46H88N4O14S. The number of carbonyl (C=O) groups excluding carboxylic acids is 1. The lowest BCUT2D eigenvalue weighted by atomic mass is 9.75. The Morgan fingerprint density at radius 1 is 0.938 bits per heavy atom. The van der Waals surface area contributed by atoms with Crippen LogP contribution in [0.5, 0.6) is 0 Å². The van der Waals surface area contributed by atoms with Crippen molar-refractivity contribution in [2.24, 2.45) is 17.8 Å². The van der Waals surface area contributed by atoms with Crippen molar-refractivity contribution in [1.82, 2.24) is 19.7 Å². The molecule has 3 heterocycles. The van der Waals surface area contributed by atoms with E-state index in [9.17, 15) is 38.7 Å². The van der Waals surface area contributed by atoms with Crippen LogP contribution in [0.15, 0.2) is 0 Å². The third-order valence-electron chi connectivity index (χ3n) is 15.1. The number of hydrogen-bond acceptors (Lipinski definition) is 16. The molecule has 0 amide bonds. The maximum absolute atomic E-state index is 14.5. The molecule has 0 bridgehead atoms. The van der Waals surface area contributed by atoms with Crippen LogP contribution in [0.25, 0.3) is 0 Å². The van der Waals surface area contributed by atoms with Gasteiger partial charge in [0.2, 0.25) is 0 Å². The zero-order valence-electron chi connectivity index (χ0n) is 41.6. The van der Waals surface area contributed by atoms with Gasteiger partial charge in [0.15, 0.2) is 12.6 Å². The summed E-state index contributed by atoms with van der Waals surface area (Å²) in [5.41, 5.74) is -6.28. The minimum absolute atomic E-state index is 0.0312. The summed E-state index contributed by atoms with van der Waals surface area (Å²) in [6.45, 7) is 20.2. The fourth-order valence-corrected chi connectivity index (χ4v) is 12.1. The first kappa shape index (κ1) is 56.4. The summed E-state index contributed by atoms with van der Waals surface area (Å²) in [4.78, 5) is 14.5. The van der Waals surface area contributed by atoms with Crippen LogP contribution in [0.4, 0.5) is 0 Å². The molecule has 1 aliphatic carbocycles. The van der Waals surface area contributed by atoms with Gasteiger partial charge in [-0.05, 0) is 106 Å². The third kappa shape index (κ3) is 13.2. The number of aliphatic hydroxyl groups excluding tert-OH is 2. The SMILES string of the molecule is CCCNC[C@]1(O)[C@H](C)O[C@@H](O[C@H]2[C@H](C)[C@@H](O[C@@H]3O[C@H](C)C[C@H](N(C)S(=O)(=O)NC4CCCCC4)[C@H]3O)[C@](C)(O)C[C@@H](C)CN[C@H](C)[C@@H](O)[C@](C)(O)[C@@H](CC)OC(=O)[C@@H]2C)C[C@@]1(C)OC. The van der Waals surface area contributed by atoms with E-state index in [1.807, 2.05) is 13.8 Å². The molecule has 3 aliphatic heterocycles. The molecule has 65 heavy (non-hydrogen) atoms. The second-order valence-corrected chi connectivity index (χ2v) is 22.5. The van der Waals surface area contributed by atoms with Gasteiger partial charge in [0, 0.05) is 45.1 Å². The van der Waals surface area contributed by atoms with E-state index in [1.54, 1.807) is 55.4 Å². The molecule has 4 aliphatic rings. The van der Waals surface area contributed by atoms with Gasteiger partial charge in [0.1, 0.15) is 35.1 Å². The molecule has 1 saturated carbocycles. The van der Waals surface area contributed by atoms with E-state index in [0.717, 1.165) is 42.8 Å². The van der Waals surface area contributed by atoms with Crippen LogP contribution in [0, 0.1) is 17.8 Å². The van der Waals surface area contributed by atoms with Crippen molar-refractivity contribution in [2.75, 3.05) is 33.8 Å². The molecule has 19 heteroatoms. The first-order valence-corrected chi connectivity index (χ1v) is 25.7. The molecule has 0 unspecified atom stereocenters. The molecule has 0 aromatic carbocycles. The number of methoxy groups -OCH3 is 1. The Labute approximate surface area is 389 Å². The average molecular weight is 953 g/mol. The number of rotatable bonds is 14. The molecule has 18 nitrogen and oxygen atoms in total. The van der Waals surface area contributed by atoms with Crippen molar-refractivity contribution in [1.29, 1.82) is 0 Å². The van der Waals surface area contributed by atoms with Crippen molar-refractivity contribution in [3.05, 3.63) is 0 Å². The molecule has 8 N–H and O–H groups in total. The predicted molar refractivity (Wildman–Crippen MR) is 245 cm³/mol. The van der Waals surface area contributed by atoms with Crippen LogP contribution >= 0.6 is 0 Å². The highest BCUT2D eigenvalue weighted by atomic mass is 32.2. The van der Waals surface area contributed by atoms with Gasteiger partial charge in [-0.3, -0.25) is 4.79 Å². The summed E-state index contributed by atoms with van der Waals surface area (Å²) in [5.74, 6) is -3.07. The predicted octanol–water partition coefficient (Wildman–Crippen LogP) is 2.47. The molecule has 0 aromatic rings. The second-order valence-electron chi connectivity index (χ2n) is 20.7. The van der Waals surface area contributed by atoms with Crippen LogP contribution in [0.1, 0.15) is 140 Å². The zero-order valence-corrected chi connectivity index (χ0v) is 42.4. The van der Waals surface area contributed by atoms with E-state index in [-0.39, 0.29) is 44.2 Å². The summed E-state index contributed by atoms with van der Waals surface area (Å²) in [6, 6.07) is -1.83. The van der Waals surface area contributed by atoms with Gasteiger partial charge in [-0.25, -0.2) is 0 Å². The minimum atomic E-state index is -4.04. The molecular weight excluding hydrogens is 865 g/mol. The Morgan fingerprint density at radius 2 is 1.58 bits per heavy atom. The monoisotopic (exact) mass is 953 g/mol. The number of aliphatic hydroxyl groups is 5. The lowest BCUT2D eigenvalue weighted by Crippen LogP contribution is -2.70. The van der Waals surface area contributed by atoms with Gasteiger partial charge in [0.25, 0.3) is 10.2 Å². The average Bonchev–Trinajstić information content (AvgIpc) is 3.24. The molecule has 4 rings (SSSR count). The zero-order chi connectivity index (χ0) is 48.9. The lowest BCUT2D eigenvalue weighted by Gasteiger charge is -2.53. The van der Waals surface area contributed by atoms with Crippen molar-refractivity contribution in [3.63, 3.8) is 0 Å². The number of esters is 1. The standard InChI is InChI=1S/C46H88N4O14S/c1-14-21-47-26-46(56)32(8)61-36(24-44(46,10)59-13)63-38-29(5)40(64-42-37(51)34(22-28(4)60-42)50(12)65(57,58)49-33-19-17-16-18-20-33)43(9,54)23-27(3)25-48-31(7)39(52)45(11,55)35(15-2)62-41(53)30(38)6/h27-40,42,47-49,51-52,54-56H,14-26H2,1-13H3/t27-,28-,29+,30-,31-,32+,34+,35-,36+,37-,38+,39-,40-,42+,43-,44-,45-,46+/m1/s1. The number of nitrogens with one attached hydrogen (secondary N) is 3. The van der Waals surface area contributed by atoms with E-state index in [2.05, 4.69) is 15.4 Å². The van der Waals surface area contributed by atoms with Gasteiger partial charge in [-0.2, -0.15) is 17.4 Å². The van der Waals surface area contributed by atoms with Gasteiger partial charge in [-0.15, -0.1) is 0 Å². The van der Waals surface area contributed by atoms with Gasteiger partial charge in [-0.1, -0.05) is 47.0 Å². The first-order chi connectivity index (χ1) is 30.2. The van der Waals surface area contributed by atoms with E-state index < -0.39 is 118 Å². The van der Waals surface area contributed by atoms with E-state index in [0.29, 0.717) is 13.1 Å². The Hall–Kier alpha value is -1.14. The first-order valence-electron chi connectivity index (χ1n) is 24.3. The molecule has 18 atom stereocenters. The highest BCUT2D eigenvalue weighted by molar-refractivity contribution is 7.87. The Morgan fingerprint density at radius 3 is 2.18 bits per heavy atom. The normalized spacial score (nSPS) is 44.9. The number of hydrogen-bond donors (Lipinski definition) is 8. The van der Waals surface area contributed by atoms with Crippen molar-refractivity contribution < 1.29 is 67.2 Å². The van der Waals surface area contributed by atoms with Crippen LogP contribution in [0.3, 0.4) is 0 Å². The molecule has 3 saturated heterocycles. The number of likely N-dealkylation sites (N-methyl/N-ethyl adjacent to an activating group) is 1. The van der Waals surface area contributed by atoms with Gasteiger partial charge < -0.3 is 64.6 Å². The smallest absolute Gasteiger partial charge is 0.311 e. The molecule has 0 spiro atoms. The van der Waals surface area contributed by atoms with Crippen molar-refractivity contribution in [2.45, 2.75) is 236 Å². The maximum atomic E-state index is 14.5. The summed E-state index contributed by atoms with van der Waals surface area (Å²) >= 11 is 0. The van der Waals surface area contributed by atoms with Crippen LogP contribution in [-0.4, -0.2) is 174 Å². The lowest BCUT2D eigenvalue weighted by molar-refractivity contribution is -0.336. The Kier molecular flexibility index (Phi) is 20.1. The number of nitrogens with zero attached hydrogens (tertiary/aromatic N) is 1. The summed E-state index contributed by atoms with van der Waals surface area (Å²) in [5, 5.41) is 66.7. The van der Waals surface area contributed by atoms with Crippen molar-refractivity contribution in [3.8, 4) is 0 Å². The minimum Gasteiger partial charge on any atom is -0.459 e. The second kappa shape index (κ2) is 23.2. The van der Waals surface area contributed by atoms with Crippen LogP contribution in [0.2, 0.25) is 0 Å². The van der Waals surface area contributed by atoms with E-state index >= 15 is 0 Å². The van der Waals surface area contributed by atoms with Crippen molar-refractivity contribution >= 4 is 16.2 Å². The molecule has 4 fully saturated rings. The summed E-state index contributed by atoms with van der Waals surface area (Å²) < 4.78 is 70.1. The molecule has 382 valence electrons. The summed E-state index contributed by atoms with van der Waals surface area (Å²) in [6.07, 6.45) is -4.62. The van der Waals surface area contributed by atoms with Gasteiger partial charge >= 0.3 is 5.97 Å². The van der Waals surface area contributed by atoms with Gasteiger partial charge in [0.05, 0.1) is 42.0 Å². The van der Waals surface area contributed by atoms with Crippen LogP contribution < -0.4 is 15.4 Å². The maximum Gasteiger partial charge on any atom is 0.311 e. The quantitative estimate of drug-likeness (QED) is 0.0921. The highest BCUT2D eigenvalue weighted by Gasteiger charge is 2.58. The molecule has 0 aromatic heterocycles. The van der Waals surface area contributed by atoms with Crippen LogP contribution in [-0.2, 0) is 43.4 Å². The molecule has 0 radical (unpaired) electrons. The topological polar surface area (TPSA) is 247 Å². The van der Waals surface area contributed by atoms with E-state index in [4.69, 9.17) is 28.4 Å².